The van der Waals surface area contributed by atoms with E-state index in [1.54, 1.807) is 39.0 Å². The number of thiazole rings is 1. The van der Waals surface area contributed by atoms with Gasteiger partial charge in [0.05, 0.1) is 39.5 Å². The monoisotopic (exact) mass is 500 g/mol. The zero-order valence-electron chi connectivity index (χ0n) is 20.0. The number of phenolic OH excluding ortho intramolecular Hbond substituents is 1. The van der Waals surface area contributed by atoms with E-state index in [4.69, 9.17) is 4.74 Å². The highest BCUT2D eigenvalue weighted by Gasteiger charge is 2.46. The van der Waals surface area contributed by atoms with Crippen molar-refractivity contribution in [3.05, 3.63) is 93.1 Å². The molecule has 7 nitrogen and oxygen atoms in total. The molecule has 0 saturated heterocycles. The normalized spacial score (nSPS) is 15.7. The van der Waals surface area contributed by atoms with Gasteiger partial charge in [-0.25, -0.2) is 4.98 Å². The maximum Gasteiger partial charge on any atom is 0.294 e. The van der Waals surface area contributed by atoms with Crippen LogP contribution >= 0.6 is 11.3 Å². The summed E-state index contributed by atoms with van der Waals surface area (Å²) in [7, 11) is 0. The van der Waals surface area contributed by atoms with E-state index in [1.165, 1.54) is 22.3 Å². The van der Waals surface area contributed by atoms with E-state index in [0.29, 0.717) is 33.4 Å². The molecule has 5 rings (SSSR count). The van der Waals surface area contributed by atoms with Crippen LogP contribution in [0.3, 0.4) is 0 Å². The number of Topliss-reactive ketones (excluding diaryl/α,β-unsaturated/α-hetero) is 1. The summed E-state index contributed by atoms with van der Waals surface area (Å²) in [5.41, 5.74) is 1.58. The summed E-state index contributed by atoms with van der Waals surface area (Å²) in [4.78, 5) is 33.6. The van der Waals surface area contributed by atoms with E-state index >= 15 is 0 Å². The molecule has 36 heavy (non-hydrogen) atoms. The first kappa shape index (κ1) is 23.6. The number of fused-ring (bicyclic) bond motifs is 1. The summed E-state index contributed by atoms with van der Waals surface area (Å²) in [5, 5.41) is 23.8. The van der Waals surface area contributed by atoms with Crippen LogP contribution in [-0.4, -0.2) is 33.5 Å². The van der Waals surface area contributed by atoms with Crippen LogP contribution in [0.2, 0.25) is 0 Å². The predicted octanol–water partition coefficient (Wildman–Crippen LogP) is 5.80. The van der Waals surface area contributed by atoms with Gasteiger partial charge >= 0.3 is 0 Å². The summed E-state index contributed by atoms with van der Waals surface area (Å²) >= 11 is 1.22. The third kappa shape index (κ3) is 3.79. The maximum atomic E-state index is 13.8. The number of amides is 1. The van der Waals surface area contributed by atoms with Gasteiger partial charge in [0.15, 0.2) is 17.3 Å². The molecule has 4 aromatic rings. The molecule has 1 aromatic heterocycles. The van der Waals surface area contributed by atoms with Gasteiger partial charge in [-0.05, 0) is 49.9 Å². The fourth-order valence-corrected chi connectivity index (χ4v) is 5.53. The Labute approximate surface area is 211 Å². The minimum atomic E-state index is -0.947. The van der Waals surface area contributed by atoms with Gasteiger partial charge in [-0.15, -0.1) is 11.3 Å². The molecule has 1 aliphatic heterocycles. The second-order valence-electron chi connectivity index (χ2n) is 8.47. The third-order valence-corrected chi connectivity index (χ3v) is 7.26. The topological polar surface area (TPSA) is 100.0 Å². The van der Waals surface area contributed by atoms with Gasteiger partial charge in [-0.2, -0.15) is 0 Å². The van der Waals surface area contributed by atoms with Crippen LogP contribution in [0.5, 0.6) is 11.5 Å². The number of ketones is 1. The molecule has 0 saturated carbocycles. The Morgan fingerprint density at radius 3 is 2.56 bits per heavy atom. The van der Waals surface area contributed by atoms with Crippen molar-refractivity contribution >= 4 is 39.5 Å². The highest BCUT2D eigenvalue weighted by atomic mass is 32.1. The fourth-order valence-electron chi connectivity index (χ4n) is 4.66. The molecule has 1 atom stereocenters. The quantitative estimate of drug-likeness (QED) is 0.325. The number of hydrogen-bond donors (Lipinski definition) is 2. The Morgan fingerprint density at radius 2 is 1.83 bits per heavy atom. The molecule has 3 aromatic carbocycles. The molecule has 0 aliphatic carbocycles. The number of anilines is 1. The number of aryl methyl sites for hydroxylation is 2. The van der Waals surface area contributed by atoms with E-state index in [-0.39, 0.29) is 17.1 Å². The number of benzene rings is 3. The molecule has 0 fully saturated rings. The molecule has 8 heteroatoms. The number of carbonyl (C=O) groups is 2. The minimum Gasteiger partial charge on any atom is -0.504 e. The molecule has 1 amide bonds. The Morgan fingerprint density at radius 1 is 1.08 bits per heavy atom. The number of aliphatic hydroxyl groups is 1. The zero-order valence-corrected chi connectivity index (χ0v) is 20.8. The van der Waals surface area contributed by atoms with Crippen molar-refractivity contribution < 1.29 is 24.5 Å². The predicted molar refractivity (Wildman–Crippen MR) is 139 cm³/mol. The van der Waals surface area contributed by atoms with Crippen molar-refractivity contribution in [1.29, 1.82) is 0 Å². The van der Waals surface area contributed by atoms with Crippen LogP contribution in [0.25, 0.3) is 10.8 Å². The molecule has 2 N–H and O–H groups in total. The Kier molecular flexibility index (Phi) is 5.97. The molecule has 2 heterocycles. The fraction of sp³-hybridized carbons (Fsp3) is 0.179. The highest BCUT2D eigenvalue weighted by molar-refractivity contribution is 7.14. The molecule has 0 spiro atoms. The SMILES string of the molecule is CCOc1cc(C2C(C(=O)c3sc(C)nc3C)=C(O)C(=O)N2c2cccc3ccccc23)ccc1O. The standard InChI is InChI=1S/C28H24N2O5S/c1-4-35-22-14-18(12-13-21(22)31)24-23(25(32)27-15(2)29-16(3)36-27)26(33)28(34)30(24)20-11-7-9-17-8-5-6-10-19(17)20/h5-14,24,31,33H,4H2,1-3H3. The Hall–Kier alpha value is -4.17. The van der Waals surface area contributed by atoms with E-state index in [0.717, 1.165) is 10.8 Å². The van der Waals surface area contributed by atoms with Crippen LogP contribution in [-0.2, 0) is 4.79 Å². The lowest BCUT2D eigenvalue weighted by molar-refractivity contribution is -0.117. The second-order valence-corrected chi connectivity index (χ2v) is 9.68. The summed E-state index contributed by atoms with van der Waals surface area (Å²) in [5.74, 6) is -1.57. The molecule has 0 radical (unpaired) electrons. The largest absolute Gasteiger partial charge is 0.504 e. The number of ether oxygens (including phenoxy) is 1. The Balaban J connectivity index is 1.75. The van der Waals surface area contributed by atoms with Crippen LogP contribution < -0.4 is 9.64 Å². The highest BCUT2D eigenvalue weighted by Crippen LogP contribution is 2.46. The average Bonchev–Trinajstić information content (AvgIpc) is 3.34. The van der Waals surface area contributed by atoms with E-state index in [2.05, 4.69) is 4.98 Å². The first-order chi connectivity index (χ1) is 17.3. The summed E-state index contributed by atoms with van der Waals surface area (Å²) in [6.07, 6.45) is 0. The third-order valence-electron chi connectivity index (χ3n) is 6.19. The first-order valence-corrected chi connectivity index (χ1v) is 12.3. The van der Waals surface area contributed by atoms with Crippen LogP contribution in [0.15, 0.2) is 72.0 Å². The number of aromatic hydroxyl groups is 1. The van der Waals surface area contributed by atoms with Crippen LogP contribution in [0.1, 0.15) is 38.9 Å². The molecule has 0 bridgehead atoms. The Bertz CT molecular complexity index is 1550. The lowest BCUT2D eigenvalue weighted by Crippen LogP contribution is -2.31. The van der Waals surface area contributed by atoms with Crippen molar-refractivity contribution in [2.24, 2.45) is 0 Å². The summed E-state index contributed by atoms with van der Waals surface area (Å²) in [6, 6.07) is 16.9. The van der Waals surface area contributed by atoms with Crippen LogP contribution in [0, 0.1) is 13.8 Å². The minimum absolute atomic E-state index is 0.0344. The number of aliphatic hydroxyl groups excluding tert-OH is 1. The molecule has 182 valence electrons. The molecule has 1 unspecified atom stereocenters. The maximum absolute atomic E-state index is 13.8. The van der Waals surface area contributed by atoms with E-state index < -0.39 is 23.5 Å². The average molecular weight is 501 g/mol. The van der Waals surface area contributed by atoms with Crippen LogP contribution in [0.4, 0.5) is 5.69 Å². The lowest BCUT2D eigenvalue weighted by atomic mass is 9.94. The van der Waals surface area contributed by atoms with Gasteiger partial charge < -0.3 is 14.9 Å². The molecular weight excluding hydrogens is 476 g/mol. The first-order valence-electron chi connectivity index (χ1n) is 11.5. The van der Waals surface area contributed by atoms with Crippen molar-refractivity contribution in [1.82, 2.24) is 4.98 Å². The number of phenols is 1. The van der Waals surface area contributed by atoms with Gasteiger partial charge in [-0.1, -0.05) is 42.5 Å². The number of nitrogens with zero attached hydrogens (tertiary/aromatic N) is 2. The van der Waals surface area contributed by atoms with Crippen molar-refractivity contribution in [2.75, 3.05) is 11.5 Å². The number of aromatic nitrogens is 1. The van der Waals surface area contributed by atoms with Crippen molar-refractivity contribution in [3.63, 3.8) is 0 Å². The van der Waals surface area contributed by atoms with E-state index in [1.807, 2.05) is 36.4 Å². The zero-order chi connectivity index (χ0) is 25.6. The van der Waals surface area contributed by atoms with E-state index in [9.17, 15) is 19.8 Å². The van der Waals surface area contributed by atoms with Crippen molar-refractivity contribution in [2.45, 2.75) is 26.8 Å². The van der Waals surface area contributed by atoms with Gasteiger partial charge in [0, 0.05) is 5.39 Å². The van der Waals surface area contributed by atoms with Crippen molar-refractivity contribution in [3.8, 4) is 11.5 Å². The molecular formula is C28H24N2O5S. The number of rotatable bonds is 6. The number of hydrogen-bond acceptors (Lipinski definition) is 7. The summed E-state index contributed by atoms with van der Waals surface area (Å²) < 4.78 is 5.58. The lowest BCUT2D eigenvalue weighted by Gasteiger charge is -2.28. The number of carbonyl (C=O) groups excluding carboxylic acids is 2. The van der Waals surface area contributed by atoms with Gasteiger partial charge in [0.1, 0.15) is 0 Å². The van der Waals surface area contributed by atoms with Gasteiger partial charge in [0.2, 0.25) is 5.78 Å². The van der Waals surface area contributed by atoms with Gasteiger partial charge in [-0.3, -0.25) is 14.5 Å². The second kappa shape index (κ2) is 9.13. The molecule has 1 aliphatic rings. The smallest absolute Gasteiger partial charge is 0.294 e. The van der Waals surface area contributed by atoms with Gasteiger partial charge in [0.25, 0.3) is 5.91 Å². The summed E-state index contributed by atoms with van der Waals surface area (Å²) in [6.45, 7) is 5.65.